The summed E-state index contributed by atoms with van der Waals surface area (Å²) in [4.78, 5) is 36.6. The quantitative estimate of drug-likeness (QED) is 0.222. The normalized spacial score (nSPS) is 18.8. The number of aromatic nitrogens is 2. The maximum Gasteiger partial charge on any atom is 0.319 e. The standard InChI is InChI=1S/C35H41N5O2/c1-21-16-22(2)18-24(17-21)32-31(23(3)20-37-34(42)38-26-12-14-36-15-13-26)29-19-25(6-11-30(29)39-32)35(4,5)33(41)40-27-7-8-28(40)10-9-27/h6,11-19,23,27-28,39H,7-10,20H2,1-5H3,(H2,36,37,38,42)/t23-,27?,28?/m1/s1. The predicted molar refractivity (Wildman–Crippen MR) is 169 cm³/mol. The van der Waals surface area contributed by atoms with Crippen LogP contribution in [0.2, 0.25) is 0 Å². The van der Waals surface area contributed by atoms with Gasteiger partial charge in [-0.1, -0.05) is 30.2 Å². The average molecular weight is 564 g/mol. The fourth-order valence-electron chi connectivity index (χ4n) is 7.11. The average Bonchev–Trinajstić information content (AvgIpc) is 3.68. The van der Waals surface area contributed by atoms with Crippen molar-refractivity contribution in [2.24, 2.45) is 0 Å². The van der Waals surface area contributed by atoms with Crippen molar-refractivity contribution in [2.45, 2.75) is 83.7 Å². The summed E-state index contributed by atoms with van der Waals surface area (Å²) >= 11 is 0. The molecule has 2 saturated heterocycles. The van der Waals surface area contributed by atoms with Gasteiger partial charge in [0.15, 0.2) is 0 Å². The molecule has 2 aromatic carbocycles. The van der Waals surface area contributed by atoms with Crippen molar-refractivity contribution in [3.05, 3.63) is 83.2 Å². The Morgan fingerprint density at radius 3 is 2.26 bits per heavy atom. The van der Waals surface area contributed by atoms with Gasteiger partial charge in [0.05, 0.1) is 11.1 Å². The second-order valence-electron chi connectivity index (χ2n) is 12.8. The summed E-state index contributed by atoms with van der Waals surface area (Å²) in [5.41, 5.74) is 7.83. The number of nitrogens with one attached hydrogen (secondary N) is 3. The SMILES string of the molecule is Cc1cc(C)cc(-c2[nH]c3ccc(C(C)(C)C(=O)N4C5CCC4CC5)cc3c2[C@H](C)CNC(=O)Nc2ccncc2)c1. The number of H-pyrrole nitrogens is 1. The molecular weight excluding hydrogens is 522 g/mol. The molecule has 4 heterocycles. The van der Waals surface area contributed by atoms with Gasteiger partial charge in [0, 0.05) is 53.5 Å². The lowest BCUT2D eigenvalue weighted by Gasteiger charge is -2.33. The zero-order valence-electron chi connectivity index (χ0n) is 25.3. The summed E-state index contributed by atoms with van der Waals surface area (Å²) < 4.78 is 0. The molecule has 7 nitrogen and oxygen atoms in total. The van der Waals surface area contributed by atoms with Gasteiger partial charge in [0.2, 0.25) is 5.91 Å². The molecule has 0 saturated carbocycles. The molecule has 6 rings (SSSR count). The molecule has 2 bridgehead atoms. The highest BCUT2D eigenvalue weighted by atomic mass is 16.2. The second kappa shape index (κ2) is 10.9. The molecule has 2 aliphatic heterocycles. The zero-order chi connectivity index (χ0) is 29.6. The summed E-state index contributed by atoms with van der Waals surface area (Å²) in [6.07, 6.45) is 7.83. The number of anilines is 1. The van der Waals surface area contributed by atoms with E-state index in [-0.39, 0.29) is 17.9 Å². The van der Waals surface area contributed by atoms with Crippen molar-refractivity contribution < 1.29 is 9.59 Å². The second-order valence-corrected chi connectivity index (χ2v) is 12.8. The number of aryl methyl sites for hydroxylation is 2. The van der Waals surface area contributed by atoms with Gasteiger partial charge in [-0.3, -0.25) is 9.78 Å². The Kier molecular flexibility index (Phi) is 7.29. The highest BCUT2D eigenvalue weighted by Gasteiger charge is 2.47. The molecule has 7 heteroatoms. The van der Waals surface area contributed by atoms with E-state index in [0.29, 0.717) is 24.3 Å². The van der Waals surface area contributed by atoms with Crippen molar-refractivity contribution >= 4 is 28.5 Å². The first-order chi connectivity index (χ1) is 20.1. The number of hydrogen-bond acceptors (Lipinski definition) is 3. The summed E-state index contributed by atoms with van der Waals surface area (Å²) in [7, 11) is 0. The van der Waals surface area contributed by atoms with Crippen LogP contribution in [0, 0.1) is 13.8 Å². The molecule has 218 valence electrons. The maximum absolute atomic E-state index is 14.0. The molecule has 42 heavy (non-hydrogen) atoms. The van der Waals surface area contributed by atoms with Crippen LogP contribution >= 0.6 is 0 Å². The van der Waals surface area contributed by atoms with Crippen LogP contribution < -0.4 is 10.6 Å². The Labute approximate surface area is 248 Å². The Bertz CT molecular complexity index is 1600. The molecule has 0 unspecified atom stereocenters. The number of urea groups is 1. The van der Waals surface area contributed by atoms with E-state index in [1.54, 1.807) is 24.5 Å². The number of carbonyl (C=O) groups is 2. The molecule has 4 aromatic rings. The topological polar surface area (TPSA) is 90.1 Å². The Balaban J connectivity index is 1.36. The number of aromatic amines is 1. The van der Waals surface area contributed by atoms with E-state index < -0.39 is 5.41 Å². The molecule has 1 atom stereocenters. The van der Waals surface area contributed by atoms with Gasteiger partial charge in [-0.2, -0.15) is 0 Å². The van der Waals surface area contributed by atoms with Crippen LogP contribution in [0.1, 0.15) is 74.6 Å². The van der Waals surface area contributed by atoms with Gasteiger partial charge >= 0.3 is 6.03 Å². The number of nitrogens with zero attached hydrogens (tertiary/aromatic N) is 2. The number of fused-ring (bicyclic) bond motifs is 3. The zero-order valence-corrected chi connectivity index (χ0v) is 25.3. The molecule has 0 radical (unpaired) electrons. The summed E-state index contributed by atoms with van der Waals surface area (Å²) in [5, 5.41) is 7.03. The van der Waals surface area contributed by atoms with Crippen LogP contribution in [0.25, 0.3) is 22.2 Å². The molecule has 2 fully saturated rings. The minimum atomic E-state index is -0.639. The monoisotopic (exact) mass is 563 g/mol. The first-order valence-corrected chi connectivity index (χ1v) is 15.1. The van der Waals surface area contributed by atoms with E-state index >= 15 is 0 Å². The Morgan fingerprint density at radius 1 is 0.976 bits per heavy atom. The minimum absolute atomic E-state index is 0.00116. The molecule has 2 aromatic heterocycles. The van der Waals surface area contributed by atoms with E-state index in [4.69, 9.17) is 0 Å². The van der Waals surface area contributed by atoms with Gasteiger partial charge in [-0.15, -0.1) is 0 Å². The smallest absolute Gasteiger partial charge is 0.319 e. The third kappa shape index (κ3) is 5.17. The van der Waals surface area contributed by atoms with Gasteiger partial charge in [0.1, 0.15) is 0 Å². The van der Waals surface area contributed by atoms with Gasteiger partial charge in [-0.25, -0.2) is 4.79 Å². The maximum atomic E-state index is 14.0. The number of benzene rings is 2. The van der Waals surface area contributed by atoms with Crippen molar-refractivity contribution in [3.63, 3.8) is 0 Å². The van der Waals surface area contributed by atoms with Crippen LogP contribution in [0.15, 0.2) is 60.9 Å². The van der Waals surface area contributed by atoms with Gasteiger partial charge in [-0.05, 0) is 106 Å². The van der Waals surface area contributed by atoms with E-state index in [9.17, 15) is 9.59 Å². The van der Waals surface area contributed by atoms with Crippen molar-refractivity contribution in [1.29, 1.82) is 0 Å². The number of pyridine rings is 1. The first-order valence-electron chi connectivity index (χ1n) is 15.1. The molecule has 0 spiro atoms. The van der Waals surface area contributed by atoms with Crippen LogP contribution in [-0.4, -0.2) is 45.4 Å². The highest BCUT2D eigenvalue weighted by Crippen LogP contribution is 2.42. The lowest BCUT2D eigenvalue weighted by atomic mass is 9.81. The largest absolute Gasteiger partial charge is 0.354 e. The lowest BCUT2D eigenvalue weighted by molar-refractivity contribution is -0.137. The third-order valence-corrected chi connectivity index (χ3v) is 9.29. The fourth-order valence-corrected chi connectivity index (χ4v) is 7.11. The molecule has 0 aliphatic carbocycles. The van der Waals surface area contributed by atoms with Crippen LogP contribution in [0.5, 0.6) is 0 Å². The van der Waals surface area contributed by atoms with Crippen LogP contribution in [-0.2, 0) is 10.2 Å². The van der Waals surface area contributed by atoms with Crippen molar-refractivity contribution in [3.8, 4) is 11.3 Å². The molecule has 3 amide bonds. The predicted octanol–water partition coefficient (Wildman–Crippen LogP) is 7.20. The molecule has 2 aliphatic rings. The van der Waals surface area contributed by atoms with Gasteiger partial charge < -0.3 is 20.5 Å². The van der Waals surface area contributed by atoms with Crippen molar-refractivity contribution in [2.75, 3.05) is 11.9 Å². The Hall–Kier alpha value is -4.13. The number of hydrogen-bond donors (Lipinski definition) is 3. The van der Waals surface area contributed by atoms with E-state index in [1.165, 1.54) is 11.1 Å². The van der Waals surface area contributed by atoms with E-state index in [2.05, 4.69) is 96.5 Å². The third-order valence-electron chi connectivity index (χ3n) is 9.29. The van der Waals surface area contributed by atoms with Crippen LogP contribution in [0.3, 0.4) is 0 Å². The summed E-state index contributed by atoms with van der Waals surface area (Å²) in [6.45, 7) is 11.0. The number of amides is 3. The number of rotatable bonds is 7. The first kappa shape index (κ1) is 28.0. The summed E-state index contributed by atoms with van der Waals surface area (Å²) in [6, 6.07) is 17.1. The lowest BCUT2D eigenvalue weighted by Crippen LogP contribution is -2.45. The highest BCUT2D eigenvalue weighted by molar-refractivity contribution is 5.95. The van der Waals surface area contributed by atoms with Gasteiger partial charge in [0.25, 0.3) is 0 Å². The fraction of sp³-hybridized carbons (Fsp3) is 0.400. The molecule has 3 N–H and O–H groups in total. The molecular formula is C35H41N5O2. The number of carbonyl (C=O) groups excluding carboxylic acids is 2. The Morgan fingerprint density at radius 2 is 1.62 bits per heavy atom. The van der Waals surface area contributed by atoms with Crippen LogP contribution in [0.4, 0.5) is 10.5 Å². The van der Waals surface area contributed by atoms with Crippen molar-refractivity contribution in [1.82, 2.24) is 20.2 Å². The van der Waals surface area contributed by atoms with E-state index in [1.807, 2.05) is 0 Å². The minimum Gasteiger partial charge on any atom is -0.354 e. The summed E-state index contributed by atoms with van der Waals surface area (Å²) in [5.74, 6) is 0.238. The van der Waals surface area contributed by atoms with E-state index in [0.717, 1.165) is 59.0 Å².